The fourth-order valence-corrected chi connectivity index (χ4v) is 4.39. The number of rotatable bonds is 9. The van der Waals surface area contributed by atoms with Gasteiger partial charge in [-0.1, -0.05) is 30.3 Å². The number of carbonyl (C=O) groups is 1. The molecule has 7 nitrogen and oxygen atoms in total. The van der Waals surface area contributed by atoms with E-state index in [2.05, 4.69) is 5.32 Å². The Labute approximate surface area is 213 Å². The molecule has 0 atom stereocenters. The van der Waals surface area contributed by atoms with Gasteiger partial charge in [0.1, 0.15) is 16.4 Å². The highest BCUT2D eigenvalue weighted by Gasteiger charge is 2.32. The quantitative estimate of drug-likeness (QED) is 0.324. The molecule has 1 N–H and O–H groups in total. The number of hydrogen-bond acceptors (Lipinski definition) is 5. The van der Waals surface area contributed by atoms with Gasteiger partial charge in [0.2, 0.25) is 0 Å². The third kappa shape index (κ3) is 7.39. The number of urea groups is 1. The summed E-state index contributed by atoms with van der Waals surface area (Å²) >= 11 is 0. The largest absolute Gasteiger partial charge is 0.492 e. The lowest BCUT2D eigenvalue weighted by Crippen LogP contribution is -2.39. The lowest BCUT2D eigenvalue weighted by atomic mass is 10.2. The smallest absolute Gasteiger partial charge is 0.416 e. The lowest BCUT2D eigenvalue weighted by Gasteiger charge is -2.27. The molecular formula is C26H27F3N2O5S. The Morgan fingerprint density at radius 2 is 1.70 bits per heavy atom. The zero-order chi connectivity index (χ0) is 27.2. The van der Waals surface area contributed by atoms with E-state index in [1.165, 1.54) is 23.1 Å². The number of para-hydroxylation sites is 2. The van der Waals surface area contributed by atoms with Crippen LogP contribution in [0.25, 0.3) is 0 Å². The van der Waals surface area contributed by atoms with Gasteiger partial charge < -0.3 is 19.1 Å². The van der Waals surface area contributed by atoms with Gasteiger partial charge in [-0.25, -0.2) is 4.79 Å². The Kier molecular flexibility index (Phi) is 8.69. The molecule has 0 saturated carbocycles. The number of ether oxygens (including phenoxy) is 1. The summed E-state index contributed by atoms with van der Waals surface area (Å²) in [5.41, 5.74) is -0.0432. The number of anilines is 1. The Morgan fingerprint density at radius 3 is 2.38 bits per heavy atom. The van der Waals surface area contributed by atoms with Crippen molar-refractivity contribution in [1.29, 1.82) is 0 Å². The van der Waals surface area contributed by atoms with Crippen LogP contribution in [0.2, 0.25) is 0 Å². The second-order valence-electron chi connectivity index (χ2n) is 8.29. The molecule has 0 spiro atoms. The third-order valence-electron chi connectivity index (χ3n) is 5.22. The van der Waals surface area contributed by atoms with Gasteiger partial charge in [0.15, 0.2) is 0 Å². The number of hydrogen-bond donors (Lipinski definition) is 1. The number of nitrogens with one attached hydrogen (secondary N) is 1. The zero-order valence-electron chi connectivity index (χ0n) is 20.5. The van der Waals surface area contributed by atoms with Crippen molar-refractivity contribution in [2.75, 3.05) is 11.9 Å². The highest BCUT2D eigenvalue weighted by molar-refractivity contribution is 7.87. The monoisotopic (exact) mass is 536 g/mol. The standard InChI is InChI=1S/C26H27F3N2O5S/c1-4-35-24-14-6-5-13-23(24)30-25(32)31(18(2)3)17-19-9-7-11-21(15-19)36-37(33,34)22-12-8-10-20(16-22)26(27,28)29/h5-16,18H,4,17H2,1-3H3,(H,30,32). The SMILES string of the molecule is CCOc1ccccc1NC(=O)N(Cc1cccc(OS(=O)(=O)c2cccc(C(F)(F)F)c2)c1)C(C)C. The average Bonchev–Trinajstić information content (AvgIpc) is 2.83. The van der Waals surface area contributed by atoms with E-state index in [9.17, 15) is 26.4 Å². The Bertz CT molecular complexity index is 1340. The second kappa shape index (κ2) is 11.5. The first-order valence-corrected chi connectivity index (χ1v) is 12.8. The predicted molar refractivity (Wildman–Crippen MR) is 133 cm³/mol. The molecule has 0 aromatic heterocycles. The Hall–Kier alpha value is -3.73. The summed E-state index contributed by atoms with van der Waals surface area (Å²) in [5.74, 6) is 0.429. The molecule has 0 aliphatic heterocycles. The van der Waals surface area contributed by atoms with Gasteiger partial charge in [0, 0.05) is 12.6 Å². The normalized spacial score (nSPS) is 11.8. The van der Waals surface area contributed by atoms with E-state index in [-0.39, 0.29) is 18.3 Å². The molecule has 0 aliphatic carbocycles. The summed E-state index contributed by atoms with van der Waals surface area (Å²) in [4.78, 5) is 14.0. The third-order valence-corrected chi connectivity index (χ3v) is 6.46. The summed E-state index contributed by atoms with van der Waals surface area (Å²) < 4.78 is 75.0. The summed E-state index contributed by atoms with van der Waals surface area (Å²) in [5, 5.41) is 2.83. The Morgan fingerprint density at radius 1 is 1.00 bits per heavy atom. The highest BCUT2D eigenvalue weighted by Crippen LogP contribution is 2.31. The van der Waals surface area contributed by atoms with E-state index in [4.69, 9.17) is 8.92 Å². The molecule has 0 heterocycles. The van der Waals surface area contributed by atoms with E-state index in [0.717, 1.165) is 18.2 Å². The molecule has 11 heteroatoms. The van der Waals surface area contributed by atoms with Gasteiger partial charge in [0.25, 0.3) is 0 Å². The minimum atomic E-state index is -4.70. The topological polar surface area (TPSA) is 84.9 Å². The van der Waals surface area contributed by atoms with Gasteiger partial charge in [-0.05, 0) is 68.8 Å². The average molecular weight is 537 g/mol. The molecule has 0 aliphatic rings. The summed E-state index contributed by atoms with van der Waals surface area (Å²) in [6, 6.07) is 15.7. The van der Waals surface area contributed by atoms with Crippen LogP contribution >= 0.6 is 0 Å². The maximum atomic E-state index is 13.1. The van der Waals surface area contributed by atoms with Crippen LogP contribution in [0.1, 0.15) is 31.9 Å². The van der Waals surface area contributed by atoms with Crippen molar-refractivity contribution < 1.29 is 35.3 Å². The van der Waals surface area contributed by atoms with Crippen LogP contribution in [0, 0.1) is 0 Å². The number of alkyl halides is 3. The summed E-state index contributed by atoms with van der Waals surface area (Å²) in [6.07, 6.45) is -4.70. The van der Waals surface area contributed by atoms with Crippen molar-refractivity contribution in [2.45, 2.75) is 44.4 Å². The molecular weight excluding hydrogens is 509 g/mol. The second-order valence-corrected chi connectivity index (χ2v) is 9.84. The van der Waals surface area contributed by atoms with Crippen LogP contribution in [-0.2, 0) is 22.8 Å². The molecule has 37 heavy (non-hydrogen) atoms. The minimum Gasteiger partial charge on any atom is -0.492 e. The maximum Gasteiger partial charge on any atom is 0.416 e. The van der Waals surface area contributed by atoms with Gasteiger partial charge in [0.05, 0.1) is 17.9 Å². The van der Waals surface area contributed by atoms with E-state index >= 15 is 0 Å². The molecule has 198 valence electrons. The van der Waals surface area contributed by atoms with Gasteiger partial charge >= 0.3 is 22.3 Å². The van der Waals surface area contributed by atoms with E-state index in [1.54, 1.807) is 30.3 Å². The predicted octanol–water partition coefficient (Wildman–Crippen LogP) is 6.31. The Balaban J connectivity index is 1.78. The van der Waals surface area contributed by atoms with Crippen molar-refractivity contribution in [2.24, 2.45) is 0 Å². The van der Waals surface area contributed by atoms with Crippen molar-refractivity contribution in [3.05, 3.63) is 83.9 Å². The first kappa shape index (κ1) is 27.9. The molecule has 0 fully saturated rings. The molecule has 0 radical (unpaired) electrons. The maximum absolute atomic E-state index is 13.1. The highest BCUT2D eigenvalue weighted by atomic mass is 32.2. The first-order valence-electron chi connectivity index (χ1n) is 11.4. The van der Waals surface area contributed by atoms with Crippen molar-refractivity contribution >= 4 is 21.8 Å². The number of nitrogens with zero attached hydrogens (tertiary/aromatic N) is 1. The fraction of sp³-hybridized carbons (Fsp3) is 0.269. The molecule has 3 aromatic carbocycles. The lowest BCUT2D eigenvalue weighted by molar-refractivity contribution is -0.137. The van der Waals surface area contributed by atoms with Crippen LogP contribution in [0.3, 0.4) is 0 Å². The molecule has 3 aromatic rings. The zero-order valence-corrected chi connectivity index (χ0v) is 21.3. The molecule has 0 saturated heterocycles. The van der Waals surface area contributed by atoms with Gasteiger partial charge in [-0.2, -0.15) is 21.6 Å². The van der Waals surface area contributed by atoms with Crippen LogP contribution < -0.4 is 14.2 Å². The molecule has 0 bridgehead atoms. The van der Waals surface area contributed by atoms with Crippen LogP contribution in [-0.4, -0.2) is 32.0 Å². The van der Waals surface area contributed by atoms with Gasteiger partial charge in [-0.15, -0.1) is 0 Å². The van der Waals surface area contributed by atoms with Gasteiger partial charge in [-0.3, -0.25) is 0 Å². The van der Waals surface area contributed by atoms with Crippen LogP contribution in [0.15, 0.2) is 77.7 Å². The van der Waals surface area contributed by atoms with Crippen molar-refractivity contribution in [3.8, 4) is 11.5 Å². The summed E-state index contributed by atoms with van der Waals surface area (Å²) in [6.45, 7) is 6.03. The number of amides is 2. The minimum absolute atomic E-state index is 0.0966. The number of carbonyl (C=O) groups excluding carboxylic acids is 1. The first-order chi connectivity index (χ1) is 17.4. The van der Waals surface area contributed by atoms with Crippen molar-refractivity contribution in [1.82, 2.24) is 4.90 Å². The van der Waals surface area contributed by atoms with Crippen LogP contribution in [0.5, 0.6) is 11.5 Å². The van der Waals surface area contributed by atoms with E-state index < -0.39 is 32.8 Å². The number of benzene rings is 3. The summed E-state index contributed by atoms with van der Waals surface area (Å²) in [7, 11) is -4.53. The molecule has 0 unspecified atom stereocenters. The van der Waals surface area contributed by atoms with Crippen LogP contribution in [0.4, 0.5) is 23.7 Å². The molecule has 3 rings (SSSR count). The van der Waals surface area contributed by atoms with E-state index in [0.29, 0.717) is 29.7 Å². The fourth-order valence-electron chi connectivity index (χ4n) is 3.42. The number of halogens is 3. The van der Waals surface area contributed by atoms with E-state index in [1.807, 2.05) is 20.8 Å². The molecule has 2 amide bonds. The van der Waals surface area contributed by atoms with Crippen molar-refractivity contribution in [3.63, 3.8) is 0 Å².